The molecule has 0 amide bonds. The standard InChI is InChI=1S/C23H39N3O/c1-4-16-26(2)17-11-6-5-10-14-22-21(15-18-27-3)19-24-23(25-22)20-12-8-7-9-13-20/h10,14-15,18-20,23,25H,4-9,11-13,16-17H2,1-3H3/b14-10+,18-15+. The van der Waals surface area contributed by atoms with Gasteiger partial charge in [-0.2, -0.15) is 0 Å². The van der Waals surface area contributed by atoms with Gasteiger partial charge in [0.15, 0.2) is 0 Å². The maximum absolute atomic E-state index is 5.10. The van der Waals surface area contributed by atoms with Gasteiger partial charge in [-0.25, -0.2) is 0 Å². The Kier molecular flexibility index (Phi) is 10.3. The molecule has 4 nitrogen and oxygen atoms in total. The maximum atomic E-state index is 5.10. The Labute approximate surface area is 166 Å². The highest BCUT2D eigenvalue weighted by Gasteiger charge is 2.25. The van der Waals surface area contributed by atoms with Gasteiger partial charge < -0.3 is 15.0 Å². The number of ether oxygens (including phenoxy) is 1. The quantitative estimate of drug-likeness (QED) is 0.407. The number of nitrogens with zero attached hydrogens (tertiary/aromatic N) is 2. The maximum Gasteiger partial charge on any atom is 0.121 e. The van der Waals surface area contributed by atoms with Crippen molar-refractivity contribution in [3.8, 4) is 0 Å². The summed E-state index contributed by atoms with van der Waals surface area (Å²) in [5.74, 6) is 0.667. The summed E-state index contributed by atoms with van der Waals surface area (Å²) in [5, 5.41) is 3.69. The molecule has 0 radical (unpaired) electrons. The van der Waals surface area contributed by atoms with Gasteiger partial charge in [-0.1, -0.05) is 32.3 Å². The third-order valence-corrected chi connectivity index (χ3v) is 5.52. The van der Waals surface area contributed by atoms with Crippen LogP contribution in [0.15, 0.2) is 40.8 Å². The normalized spacial score (nSPS) is 21.6. The number of allylic oxidation sites excluding steroid dienone is 4. The topological polar surface area (TPSA) is 36.9 Å². The van der Waals surface area contributed by atoms with Crippen molar-refractivity contribution in [2.24, 2.45) is 10.9 Å². The van der Waals surface area contributed by atoms with Crippen LogP contribution >= 0.6 is 0 Å². The van der Waals surface area contributed by atoms with E-state index in [2.05, 4.69) is 36.3 Å². The molecule has 1 aliphatic heterocycles. The van der Waals surface area contributed by atoms with Gasteiger partial charge in [0.2, 0.25) is 0 Å². The van der Waals surface area contributed by atoms with E-state index in [0.717, 1.165) is 12.0 Å². The molecule has 2 aliphatic rings. The highest BCUT2D eigenvalue weighted by molar-refractivity contribution is 5.85. The smallest absolute Gasteiger partial charge is 0.121 e. The number of rotatable bonds is 11. The van der Waals surface area contributed by atoms with Crippen molar-refractivity contribution in [1.82, 2.24) is 10.2 Å². The summed E-state index contributed by atoms with van der Waals surface area (Å²) in [5.41, 5.74) is 2.28. The summed E-state index contributed by atoms with van der Waals surface area (Å²) < 4.78 is 5.10. The lowest BCUT2D eigenvalue weighted by molar-refractivity contribution is 0.286. The number of hydrogen-bond acceptors (Lipinski definition) is 4. The monoisotopic (exact) mass is 373 g/mol. The fourth-order valence-electron chi connectivity index (χ4n) is 3.96. The molecular weight excluding hydrogens is 334 g/mol. The molecular formula is C23H39N3O. The molecule has 0 aromatic heterocycles. The zero-order valence-corrected chi connectivity index (χ0v) is 17.6. The van der Waals surface area contributed by atoms with Crippen molar-refractivity contribution in [2.75, 3.05) is 27.2 Å². The minimum absolute atomic E-state index is 0.229. The number of hydrogen-bond donors (Lipinski definition) is 1. The van der Waals surface area contributed by atoms with E-state index in [-0.39, 0.29) is 6.17 Å². The predicted octanol–water partition coefficient (Wildman–Crippen LogP) is 5.05. The first-order chi connectivity index (χ1) is 13.2. The van der Waals surface area contributed by atoms with Crippen LogP contribution in [0, 0.1) is 5.92 Å². The van der Waals surface area contributed by atoms with Crippen LogP contribution in [0.25, 0.3) is 0 Å². The molecule has 0 aromatic rings. The lowest BCUT2D eigenvalue weighted by atomic mass is 9.86. The fourth-order valence-corrected chi connectivity index (χ4v) is 3.96. The lowest BCUT2D eigenvalue weighted by Gasteiger charge is -2.31. The third kappa shape index (κ3) is 7.92. The average Bonchev–Trinajstić information content (AvgIpc) is 2.70. The first-order valence-corrected chi connectivity index (χ1v) is 10.8. The summed E-state index contributed by atoms with van der Waals surface area (Å²) in [4.78, 5) is 7.22. The zero-order chi connectivity index (χ0) is 19.3. The lowest BCUT2D eigenvalue weighted by Crippen LogP contribution is -2.37. The highest BCUT2D eigenvalue weighted by atomic mass is 16.5. The van der Waals surface area contributed by atoms with Crippen molar-refractivity contribution >= 4 is 6.21 Å². The van der Waals surface area contributed by atoms with E-state index in [9.17, 15) is 0 Å². The molecule has 1 saturated carbocycles. The van der Waals surface area contributed by atoms with Crippen LogP contribution in [0.1, 0.15) is 64.7 Å². The molecule has 1 heterocycles. The van der Waals surface area contributed by atoms with Gasteiger partial charge in [0.1, 0.15) is 6.17 Å². The Balaban J connectivity index is 1.87. The summed E-state index contributed by atoms with van der Waals surface area (Å²) >= 11 is 0. The number of unbranched alkanes of at least 4 members (excludes halogenated alkanes) is 2. The molecule has 1 N–H and O–H groups in total. The van der Waals surface area contributed by atoms with Crippen molar-refractivity contribution < 1.29 is 4.74 Å². The minimum Gasteiger partial charge on any atom is -0.504 e. The number of methoxy groups -OCH3 is 1. The van der Waals surface area contributed by atoms with E-state index >= 15 is 0 Å². The Morgan fingerprint density at radius 2 is 2.00 bits per heavy atom. The molecule has 1 aliphatic carbocycles. The van der Waals surface area contributed by atoms with Gasteiger partial charge in [0, 0.05) is 17.5 Å². The van der Waals surface area contributed by atoms with Gasteiger partial charge in [-0.15, -0.1) is 0 Å². The van der Waals surface area contributed by atoms with E-state index in [1.807, 2.05) is 12.3 Å². The third-order valence-electron chi connectivity index (χ3n) is 5.52. The van der Waals surface area contributed by atoms with Gasteiger partial charge in [-0.05, 0) is 76.7 Å². The van der Waals surface area contributed by atoms with Crippen LogP contribution in [-0.2, 0) is 4.74 Å². The molecule has 0 saturated heterocycles. The SMILES string of the molecule is CCCN(C)CCCC/C=C/C1=C(/C=C/OC)C=NC(C2CCCCC2)N1. The van der Waals surface area contributed by atoms with Crippen molar-refractivity contribution in [2.45, 2.75) is 70.9 Å². The van der Waals surface area contributed by atoms with Gasteiger partial charge in [0.05, 0.1) is 13.4 Å². The highest BCUT2D eigenvalue weighted by Crippen LogP contribution is 2.29. The van der Waals surface area contributed by atoms with E-state index < -0.39 is 0 Å². The van der Waals surface area contributed by atoms with Gasteiger partial charge >= 0.3 is 0 Å². The number of nitrogens with one attached hydrogen (secondary N) is 1. The van der Waals surface area contributed by atoms with Crippen LogP contribution in [0.5, 0.6) is 0 Å². The Morgan fingerprint density at radius 1 is 1.19 bits per heavy atom. The number of aliphatic imine (C=N–C) groups is 1. The second-order valence-electron chi connectivity index (χ2n) is 7.87. The molecule has 2 rings (SSSR count). The van der Waals surface area contributed by atoms with E-state index in [1.54, 1.807) is 13.4 Å². The first kappa shape index (κ1) is 21.7. The minimum atomic E-state index is 0.229. The molecule has 1 atom stereocenters. The summed E-state index contributed by atoms with van der Waals surface area (Å²) in [7, 11) is 3.90. The Hall–Kier alpha value is -1.55. The zero-order valence-electron chi connectivity index (χ0n) is 17.6. The molecule has 1 fully saturated rings. The molecule has 0 spiro atoms. The molecule has 0 bridgehead atoms. The molecule has 27 heavy (non-hydrogen) atoms. The molecule has 4 heteroatoms. The first-order valence-electron chi connectivity index (χ1n) is 10.8. The van der Waals surface area contributed by atoms with Crippen LogP contribution in [0.4, 0.5) is 0 Å². The second kappa shape index (κ2) is 12.8. The molecule has 1 unspecified atom stereocenters. The van der Waals surface area contributed by atoms with Crippen LogP contribution in [0.2, 0.25) is 0 Å². The van der Waals surface area contributed by atoms with Gasteiger partial charge in [0.25, 0.3) is 0 Å². The van der Waals surface area contributed by atoms with Crippen LogP contribution in [0.3, 0.4) is 0 Å². The largest absolute Gasteiger partial charge is 0.504 e. The average molecular weight is 374 g/mol. The Morgan fingerprint density at radius 3 is 2.74 bits per heavy atom. The van der Waals surface area contributed by atoms with Crippen molar-refractivity contribution in [1.29, 1.82) is 0 Å². The van der Waals surface area contributed by atoms with Gasteiger partial charge in [-0.3, -0.25) is 4.99 Å². The molecule has 0 aromatic carbocycles. The van der Waals surface area contributed by atoms with Crippen molar-refractivity contribution in [3.05, 3.63) is 35.8 Å². The summed E-state index contributed by atoms with van der Waals surface area (Å²) in [6.45, 7) is 4.63. The van der Waals surface area contributed by atoms with E-state index in [4.69, 9.17) is 9.73 Å². The van der Waals surface area contributed by atoms with Crippen molar-refractivity contribution in [3.63, 3.8) is 0 Å². The van der Waals surface area contributed by atoms with Crippen LogP contribution in [-0.4, -0.2) is 44.5 Å². The van der Waals surface area contributed by atoms with E-state index in [1.165, 1.54) is 70.2 Å². The summed E-state index contributed by atoms with van der Waals surface area (Å²) in [6.07, 6.45) is 22.0. The van der Waals surface area contributed by atoms with E-state index in [0.29, 0.717) is 5.92 Å². The van der Waals surface area contributed by atoms with Crippen LogP contribution < -0.4 is 5.32 Å². The molecule has 152 valence electrons. The predicted molar refractivity (Wildman–Crippen MR) is 116 cm³/mol. The Bertz CT molecular complexity index is 530. The fraction of sp³-hybridized carbons (Fsp3) is 0.696. The summed E-state index contributed by atoms with van der Waals surface area (Å²) in [6, 6.07) is 0. The second-order valence-corrected chi connectivity index (χ2v) is 7.87.